The van der Waals surface area contributed by atoms with E-state index in [0.29, 0.717) is 12.1 Å². The van der Waals surface area contributed by atoms with Crippen LogP contribution < -0.4 is 10.1 Å². The van der Waals surface area contributed by atoms with Crippen LogP contribution in [-0.2, 0) is 13.1 Å². The van der Waals surface area contributed by atoms with E-state index in [4.69, 9.17) is 4.74 Å². The Morgan fingerprint density at radius 2 is 1.97 bits per heavy atom. The van der Waals surface area contributed by atoms with Gasteiger partial charge in [-0.2, -0.15) is 11.3 Å². The molecule has 1 saturated heterocycles. The van der Waals surface area contributed by atoms with Crippen molar-refractivity contribution in [2.45, 2.75) is 32.0 Å². The van der Waals surface area contributed by atoms with Crippen LogP contribution in [0.3, 0.4) is 0 Å². The van der Waals surface area contributed by atoms with Crippen molar-refractivity contribution in [2.24, 2.45) is 0 Å². The van der Waals surface area contributed by atoms with Crippen LogP contribution in [0.2, 0.25) is 0 Å². The maximum absolute atomic E-state index is 12.3. The molecular formula is C23H25N3O2S. The lowest BCUT2D eigenvalue weighted by Gasteiger charge is -2.32. The largest absolute Gasteiger partial charge is 0.490 e. The van der Waals surface area contributed by atoms with E-state index in [9.17, 15) is 4.79 Å². The Bertz CT molecular complexity index is 890. The molecule has 1 N–H and O–H groups in total. The zero-order valence-corrected chi connectivity index (χ0v) is 17.1. The predicted molar refractivity (Wildman–Crippen MR) is 115 cm³/mol. The first-order valence-corrected chi connectivity index (χ1v) is 10.9. The number of carbonyl (C=O) groups is 1. The third-order valence-electron chi connectivity index (χ3n) is 5.10. The van der Waals surface area contributed by atoms with Crippen molar-refractivity contribution in [1.29, 1.82) is 0 Å². The minimum Gasteiger partial charge on any atom is -0.490 e. The number of hydrogen-bond donors (Lipinski definition) is 1. The van der Waals surface area contributed by atoms with Gasteiger partial charge >= 0.3 is 0 Å². The molecule has 2 aromatic heterocycles. The third kappa shape index (κ3) is 5.65. The number of aromatic nitrogens is 1. The summed E-state index contributed by atoms with van der Waals surface area (Å²) in [5.74, 6) is 0.714. The second-order valence-electron chi connectivity index (χ2n) is 7.25. The minimum atomic E-state index is -0.107. The van der Waals surface area contributed by atoms with Crippen LogP contribution in [0.4, 0.5) is 0 Å². The van der Waals surface area contributed by atoms with Gasteiger partial charge in [-0.05, 0) is 71.6 Å². The summed E-state index contributed by atoms with van der Waals surface area (Å²) in [5, 5.41) is 7.24. The number of carbonyl (C=O) groups excluding carboxylic acids is 1. The number of pyridine rings is 1. The molecule has 0 spiro atoms. The monoisotopic (exact) mass is 407 g/mol. The van der Waals surface area contributed by atoms with Crippen LogP contribution in [0.5, 0.6) is 5.75 Å². The first-order chi connectivity index (χ1) is 14.3. The van der Waals surface area contributed by atoms with E-state index < -0.39 is 0 Å². The summed E-state index contributed by atoms with van der Waals surface area (Å²) in [6, 6.07) is 15.2. The Labute approximate surface area is 175 Å². The highest BCUT2D eigenvalue weighted by Crippen LogP contribution is 2.21. The normalized spacial score (nSPS) is 15.2. The highest BCUT2D eigenvalue weighted by atomic mass is 32.1. The SMILES string of the molecule is O=C(NCc1ccccn1)c1ccc(OC2CCN(Cc3ccsc3)CC2)cc1. The van der Waals surface area contributed by atoms with Gasteiger partial charge in [0.25, 0.3) is 5.91 Å². The summed E-state index contributed by atoms with van der Waals surface area (Å²) in [5.41, 5.74) is 2.86. The fourth-order valence-corrected chi connectivity index (χ4v) is 4.14. The summed E-state index contributed by atoms with van der Waals surface area (Å²) in [4.78, 5) is 19.0. The topological polar surface area (TPSA) is 54.5 Å². The van der Waals surface area contributed by atoms with Gasteiger partial charge < -0.3 is 10.1 Å². The summed E-state index contributed by atoms with van der Waals surface area (Å²) < 4.78 is 6.14. The highest BCUT2D eigenvalue weighted by Gasteiger charge is 2.20. The summed E-state index contributed by atoms with van der Waals surface area (Å²) >= 11 is 1.75. The van der Waals surface area contributed by atoms with E-state index in [1.54, 1.807) is 17.5 Å². The minimum absolute atomic E-state index is 0.107. The number of ether oxygens (including phenoxy) is 1. The molecule has 3 aromatic rings. The smallest absolute Gasteiger partial charge is 0.251 e. The van der Waals surface area contributed by atoms with Crippen molar-refractivity contribution in [3.63, 3.8) is 0 Å². The molecule has 1 aliphatic heterocycles. The number of nitrogens with zero attached hydrogens (tertiary/aromatic N) is 2. The molecule has 3 heterocycles. The maximum Gasteiger partial charge on any atom is 0.251 e. The summed E-state index contributed by atoms with van der Waals surface area (Å²) in [6.45, 7) is 3.55. The number of nitrogens with one attached hydrogen (secondary N) is 1. The second kappa shape index (κ2) is 9.67. The predicted octanol–water partition coefficient (Wildman–Crippen LogP) is 4.12. The van der Waals surface area contributed by atoms with Crippen molar-refractivity contribution < 1.29 is 9.53 Å². The third-order valence-corrected chi connectivity index (χ3v) is 5.83. The van der Waals surface area contributed by atoms with E-state index in [2.05, 4.69) is 32.0 Å². The molecule has 6 heteroatoms. The number of piperidine rings is 1. The molecule has 0 saturated carbocycles. The molecule has 150 valence electrons. The number of likely N-dealkylation sites (tertiary alicyclic amines) is 1. The van der Waals surface area contributed by atoms with E-state index in [1.165, 1.54) is 5.56 Å². The van der Waals surface area contributed by atoms with Crippen molar-refractivity contribution in [3.05, 3.63) is 82.3 Å². The van der Waals surface area contributed by atoms with E-state index >= 15 is 0 Å². The molecule has 0 radical (unpaired) electrons. The summed E-state index contributed by atoms with van der Waals surface area (Å²) in [7, 11) is 0. The fourth-order valence-electron chi connectivity index (χ4n) is 3.48. The highest BCUT2D eigenvalue weighted by molar-refractivity contribution is 7.07. The molecule has 0 bridgehead atoms. The van der Waals surface area contributed by atoms with Crippen molar-refractivity contribution in [2.75, 3.05) is 13.1 Å². The van der Waals surface area contributed by atoms with Crippen LogP contribution >= 0.6 is 11.3 Å². The molecule has 0 unspecified atom stereocenters. The van der Waals surface area contributed by atoms with Crippen molar-refractivity contribution in [3.8, 4) is 5.75 Å². The molecule has 1 aliphatic rings. The standard InChI is InChI=1S/C23H25N3O2S/c27-23(25-15-20-3-1-2-11-24-20)19-4-6-21(7-5-19)28-22-8-12-26(13-9-22)16-18-10-14-29-17-18/h1-7,10-11,14,17,22H,8-9,12-13,15-16H2,(H,25,27). The van der Waals surface area contributed by atoms with Crippen LogP contribution in [0, 0.1) is 0 Å². The fraction of sp³-hybridized carbons (Fsp3) is 0.304. The Hall–Kier alpha value is -2.70. The molecule has 1 amide bonds. The number of benzene rings is 1. The molecule has 1 fully saturated rings. The number of thiophene rings is 1. The van der Waals surface area contributed by atoms with Crippen molar-refractivity contribution >= 4 is 17.2 Å². The van der Waals surface area contributed by atoms with Gasteiger partial charge in [0.05, 0.1) is 12.2 Å². The van der Waals surface area contributed by atoms with E-state index in [-0.39, 0.29) is 12.0 Å². The first kappa shape index (κ1) is 19.6. The van der Waals surface area contributed by atoms with Crippen LogP contribution in [0.1, 0.15) is 34.5 Å². The van der Waals surface area contributed by atoms with Gasteiger partial charge in [-0.25, -0.2) is 0 Å². The molecule has 5 nitrogen and oxygen atoms in total. The van der Waals surface area contributed by atoms with Gasteiger partial charge in [-0.15, -0.1) is 0 Å². The lowest BCUT2D eigenvalue weighted by Crippen LogP contribution is -2.37. The number of rotatable bonds is 7. The van der Waals surface area contributed by atoms with Crippen molar-refractivity contribution in [1.82, 2.24) is 15.2 Å². The molecular weight excluding hydrogens is 382 g/mol. The maximum atomic E-state index is 12.3. The lowest BCUT2D eigenvalue weighted by atomic mass is 10.1. The zero-order chi connectivity index (χ0) is 19.9. The number of amides is 1. The van der Waals surface area contributed by atoms with Gasteiger partial charge in [-0.3, -0.25) is 14.7 Å². The van der Waals surface area contributed by atoms with Gasteiger partial charge in [0.2, 0.25) is 0 Å². The van der Waals surface area contributed by atoms with Crippen LogP contribution in [0.15, 0.2) is 65.5 Å². The first-order valence-electron chi connectivity index (χ1n) is 9.94. The quantitative estimate of drug-likeness (QED) is 0.640. The van der Waals surface area contributed by atoms with Gasteiger partial charge in [0, 0.05) is 31.4 Å². The average molecular weight is 408 g/mol. The van der Waals surface area contributed by atoms with Gasteiger partial charge in [0.1, 0.15) is 11.9 Å². The van der Waals surface area contributed by atoms with Gasteiger partial charge in [-0.1, -0.05) is 6.07 Å². The molecule has 1 aromatic carbocycles. The Morgan fingerprint density at radius 1 is 1.14 bits per heavy atom. The molecule has 29 heavy (non-hydrogen) atoms. The van der Waals surface area contributed by atoms with Crippen LogP contribution in [-0.4, -0.2) is 35.0 Å². The van der Waals surface area contributed by atoms with E-state index in [1.807, 2.05) is 42.5 Å². The Morgan fingerprint density at radius 3 is 2.66 bits per heavy atom. The Kier molecular flexibility index (Phi) is 6.54. The molecule has 0 atom stereocenters. The number of hydrogen-bond acceptors (Lipinski definition) is 5. The Balaban J connectivity index is 1.23. The molecule has 0 aliphatic carbocycles. The van der Waals surface area contributed by atoms with E-state index in [0.717, 1.165) is 43.9 Å². The lowest BCUT2D eigenvalue weighted by molar-refractivity contribution is 0.0948. The van der Waals surface area contributed by atoms with Gasteiger partial charge in [0.15, 0.2) is 0 Å². The molecule has 4 rings (SSSR count). The average Bonchev–Trinajstić information content (AvgIpc) is 3.28. The summed E-state index contributed by atoms with van der Waals surface area (Å²) in [6.07, 6.45) is 4.00. The second-order valence-corrected chi connectivity index (χ2v) is 8.03. The van der Waals surface area contributed by atoms with Crippen LogP contribution in [0.25, 0.3) is 0 Å². The zero-order valence-electron chi connectivity index (χ0n) is 16.3.